The summed E-state index contributed by atoms with van der Waals surface area (Å²) >= 11 is 0. The van der Waals surface area contributed by atoms with E-state index in [2.05, 4.69) is 6.92 Å². The first-order chi connectivity index (χ1) is 13.0. The molecule has 158 valence electrons. The smallest absolute Gasteiger partial charge is 0.328 e. The monoisotopic (exact) mass is 394 g/mol. The van der Waals surface area contributed by atoms with E-state index in [1.54, 1.807) is 6.08 Å². The van der Waals surface area contributed by atoms with Gasteiger partial charge in [0.25, 0.3) is 0 Å². The van der Waals surface area contributed by atoms with Gasteiger partial charge in [-0.25, -0.2) is 4.79 Å². The number of carboxylic acid groups (broad SMARTS) is 1. The number of carbonyl (C=O) groups excluding carboxylic acids is 2. The first-order valence-electron chi connectivity index (χ1n) is 9.93. The number of hydrogen-bond acceptors (Lipinski definition) is 5. The van der Waals surface area contributed by atoms with E-state index in [9.17, 15) is 14.4 Å². The summed E-state index contributed by atoms with van der Waals surface area (Å²) in [6, 6.07) is 0. The van der Waals surface area contributed by atoms with Crippen molar-refractivity contribution in [2.24, 2.45) is 5.92 Å². The molecule has 1 aliphatic rings. The van der Waals surface area contributed by atoms with Crippen molar-refractivity contribution < 1.29 is 29.0 Å². The molecule has 28 heavy (non-hydrogen) atoms. The van der Waals surface area contributed by atoms with E-state index in [0.717, 1.165) is 18.4 Å². The molecule has 6 heteroatoms. The van der Waals surface area contributed by atoms with Gasteiger partial charge in [-0.15, -0.1) is 0 Å². The zero-order valence-corrected chi connectivity index (χ0v) is 17.7. The summed E-state index contributed by atoms with van der Waals surface area (Å²) < 4.78 is 11.6. The third-order valence-electron chi connectivity index (χ3n) is 5.00. The fourth-order valence-corrected chi connectivity index (χ4v) is 3.58. The number of carboxylic acids is 1. The molecule has 1 fully saturated rings. The number of hydrogen-bond donors (Lipinski definition) is 1. The second-order valence-corrected chi connectivity index (χ2v) is 8.27. The van der Waals surface area contributed by atoms with Crippen LogP contribution in [0.2, 0.25) is 0 Å². The number of aliphatic carboxylic acids is 1. The van der Waals surface area contributed by atoms with Crippen LogP contribution in [0, 0.1) is 5.92 Å². The molecule has 0 aliphatic carbocycles. The van der Waals surface area contributed by atoms with Crippen molar-refractivity contribution in [2.45, 2.75) is 84.8 Å². The molecule has 6 nitrogen and oxygen atoms in total. The Bertz CT molecular complexity index is 629. The lowest BCUT2D eigenvalue weighted by Gasteiger charge is -2.35. The number of ketones is 1. The first kappa shape index (κ1) is 24.1. The van der Waals surface area contributed by atoms with E-state index >= 15 is 0 Å². The number of ether oxygens (including phenoxy) is 2. The summed E-state index contributed by atoms with van der Waals surface area (Å²) in [6.07, 6.45) is 6.37. The molecule has 0 saturated carbocycles. The Labute approximate surface area is 168 Å². The molecule has 1 aliphatic heterocycles. The van der Waals surface area contributed by atoms with E-state index in [4.69, 9.17) is 14.6 Å². The number of esters is 1. The molecular weight excluding hydrogens is 360 g/mol. The zero-order chi connectivity index (χ0) is 21.3. The van der Waals surface area contributed by atoms with Crippen LogP contribution in [0.1, 0.15) is 73.1 Å². The summed E-state index contributed by atoms with van der Waals surface area (Å²) in [5, 5.41) is 8.98. The molecule has 1 saturated heterocycles. The lowest BCUT2D eigenvalue weighted by Crippen LogP contribution is -2.43. The summed E-state index contributed by atoms with van der Waals surface area (Å²) in [6.45, 7) is 9.39. The van der Waals surface area contributed by atoms with Crippen LogP contribution in [0.15, 0.2) is 23.3 Å². The van der Waals surface area contributed by atoms with Gasteiger partial charge in [0.05, 0.1) is 6.61 Å². The third kappa shape index (κ3) is 8.83. The topological polar surface area (TPSA) is 89.9 Å². The summed E-state index contributed by atoms with van der Waals surface area (Å²) in [7, 11) is 0. The summed E-state index contributed by atoms with van der Waals surface area (Å²) in [5.41, 5.74) is 1.02. The fourth-order valence-electron chi connectivity index (χ4n) is 3.58. The predicted octanol–water partition coefficient (Wildman–Crippen LogP) is 4.23. The minimum atomic E-state index is -0.999. The molecule has 0 spiro atoms. The van der Waals surface area contributed by atoms with Crippen LogP contribution in [0.3, 0.4) is 0 Å². The van der Waals surface area contributed by atoms with Crippen molar-refractivity contribution in [1.29, 1.82) is 0 Å². The standard InChI is InChI=1S/C22H34O6/c1-15(2)11-19(24)12-16(3)7-6-10-22(5)20(28-17(4)23)9-8-18(14-27-22)13-21(25)26/h11,13,16,20H,6-10,12,14H2,1-5H3,(H,25,26)/t16?,20-,22+/m1/s1. The van der Waals surface area contributed by atoms with E-state index < -0.39 is 17.7 Å². The minimum absolute atomic E-state index is 0.144. The van der Waals surface area contributed by atoms with E-state index in [-0.39, 0.29) is 24.3 Å². The summed E-state index contributed by atoms with van der Waals surface area (Å²) in [5.74, 6) is -0.968. The predicted molar refractivity (Wildman–Crippen MR) is 107 cm³/mol. The van der Waals surface area contributed by atoms with E-state index in [0.29, 0.717) is 31.3 Å². The Hall–Kier alpha value is -1.95. The Morgan fingerprint density at radius 1 is 1.32 bits per heavy atom. The van der Waals surface area contributed by atoms with Crippen molar-refractivity contribution in [3.05, 3.63) is 23.3 Å². The molecule has 1 heterocycles. The van der Waals surface area contributed by atoms with Gasteiger partial charge in [-0.05, 0) is 57.6 Å². The highest BCUT2D eigenvalue weighted by Crippen LogP contribution is 2.34. The molecule has 0 radical (unpaired) electrons. The average molecular weight is 395 g/mol. The molecular formula is C22H34O6. The molecule has 1 N–H and O–H groups in total. The van der Waals surface area contributed by atoms with Crippen LogP contribution in [0.25, 0.3) is 0 Å². The Balaban J connectivity index is 2.71. The van der Waals surface area contributed by atoms with Crippen LogP contribution >= 0.6 is 0 Å². The van der Waals surface area contributed by atoms with Gasteiger partial charge in [0.15, 0.2) is 5.78 Å². The van der Waals surface area contributed by atoms with Crippen LogP contribution in [0.4, 0.5) is 0 Å². The fraction of sp³-hybridized carbons (Fsp3) is 0.682. The second-order valence-electron chi connectivity index (χ2n) is 8.27. The minimum Gasteiger partial charge on any atom is -0.478 e. The lowest BCUT2D eigenvalue weighted by molar-refractivity contribution is -0.167. The Morgan fingerprint density at radius 3 is 2.57 bits per heavy atom. The van der Waals surface area contributed by atoms with Gasteiger partial charge in [0, 0.05) is 19.4 Å². The molecule has 0 bridgehead atoms. The van der Waals surface area contributed by atoms with Crippen LogP contribution in [-0.2, 0) is 23.9 Å². The van der Waals surface area contributed by atoms with Gasteiger partial charge in [-0.1, -0.05) is 25.3 Å². The molecule has 0 amide bonds. The van der Waals surface area contributed by atoms with E-state index in [1.807, 2.05) is 20.8 Å². The second kappa shape index (κ2) is 11.1. The largest absolute Gasteiger partial charge is 0.478 e. The van der Waals surface area contributed by atoms with Crippen LogP contribution in [0.5, 0.6) is 0 Å². The maximum absolute atomic E-state index is 11.9. The molecule has 0 aromatic carbocycles. The molecule has 0 aromatic heterocycles. The molecule has 1 unspecified atom stereocenters. The maximum atomic E-state index is 11.9. The van der Waals surface area contributed by atoms with Crippen molar-refractivity contribution in [3.8, 4) is 0 Å². The highest BCUT2D eigenvalue weighted by Gasteiger charge is 2.39. The molecule has 0 aromatic rings. The van der Waals surface area contributed by atoms with Crippen LogP contribution < -0.4 is 0 Å². The van der Waals surface area contributed by atoms with Crippen molar-refractivity contribution in [2.75, 3.05) is 6.61 Å². The van der Waals surface area contributed by atoms with Crippen molar-refractivity contribution in [1.82, 2.24) is 0 Å². The molecule has 1 rings (SSSR count). The van der Waals surface area contributed by atoms with Crippen molar-refractivity contribution >= 4 is 17.7 Å². The quantitative estimate of drug-likeness (QED) is 0.465. The third-order valence-corrected chi connectivity index (χ3v) is 5.00. The average Bonchev–Trinajstić information content (AvgIpc) is 2.67. The number of carbonyl (C=O) groups is 3. The van der Waals surface area contributed by atoms with Gasteiger partial charge in [0.1, 0.15) is 11.7 Å². The summed E-state index contributed by atoms with van der Waals surface area (Å²) in [4.78, 5) is 34.4. The van der Waals surface area contributed by atoms with E-state index in [1.165, 1.54) is 13.0 Å². The van der Waals surface area contributed by atoms with Gasteiger partial charge >= 0.3 is 11.9 Å². The Kier molecular flexibility index (Phi) is 9.59. The number of rotatable bonds is 9. The number of allylic oxidation sites excluding steroid dienone is 2. The highest BCUT2D eigenvalue weighted by molar-refractivity contribution is 5.90. The van der Waals surface area contributed by atoms with Gasteiger partial charge in [-0.3, -0.25) is 9.59 Å². The van der Waals surface area contributed by atoms with Gasteiger partial charge in [0.2, 0.25) is 0 Å². The maximum Gasteiger partial charge on any atom is 0.328 e. The molecule has 3 atom stereocenters. The Morgan fingerprint density at radius 2 is 2.00 bits per heavy atom. The van der Waals surface area contributed by atoms with Gasteiger partial charge < -0.3 is 14.6 Å². The SMILES string of the molecule is CC(=O)O[C@@H]1CCC(=CC(=O)O)CO[C@@]1(C)CCCC(C)CC(=O)C=C(C)C. The highest BCUT2D eigenvalue weighted by atomic mass is 16.6. The van der Waals surface area contributed by atoms with Crippen LogP contribution in [-0.4, -0.2) is 41.1 Å². The normalized spacial score (nSPS) is 24.9. The first-order valence-corrected chi connectivity index (χ1v) is 9.93. The van der Waals surface area contributed by atoms with Gasteiger partial charge in [-0.2, -0.15) is 0 Å². The van der Waals surface area contributed by atoms with Crippen molar-refractivity contribution in [3.63, 3.8) is 0 Å². The zero-order valence-electron chi connectivity index (χ0n) is 17.7. The lowest BCUT2D eigenvalue weighted by atomic mass is 9.87.